The molecule has 0 unspecified atom stereocenters. The van der Waals surface area contributed by atoms with E-state index in [1.54, 1.807) is 18.2 Å². The Bertz CT molecular complexity index is 898. The van der Waals surface area contributed by atoms with Gasteiger partial charge < -0.3 is 19.2 Å². The maximum atomic E-state index is 12.5. The molecular formula is C19H19N3O4. The summed E-state index contributed by atoms with van der Waals surface area (Å²) in [5.74, 6) is 1.21. The van der Waals surface area contributed by atoms with E-state index in [1.165, 1.54) is 14.2 Å². The van der Waals surface area contributed by atoms with E-state index in [0.29, 0.717) is 28.8 Å². The average Bonchev–Trinajstić information content (AvgIpc) is 3.14. The number of nitrogens with zero attached hydrogens (tertiary/aromatic N) is 2. The van der Waals surface area contributed by atoms with E-state index in [0.717, 1.165) is 11.1 Å². The third kappa shape index (κ3) is 3.66. The van der Waals surface area contributed by atoms with E-state index in [9.17, 15) is 4.79 Å². The van der Waals surface area contributed by atoms with E-state index < -0.39 is 0 Å². The predicted octanol–water partition coefficient (Wildman–Crippen LogP) is 2.99. The Labute approximate surface area is 151 Å². The molecule has 0 aliphatic carbocycles. The lowest BCUT2D eigenvalue weighted by Gasteiger charge is -2.12. The summed E-state index contributed by atoms with van der Waals surface area (Å²) in [6.07, 6.45) is 0. The van der Waals surface area contributed by atoms with Crippen LogP contribution in [0.2, 0.25) is 0 Å². The topological polar surface area (TPSA) is 86.5 Å². The highest BCUT2D eigenvalue weighted by atomic mass is 16.5. The van der Waals surface area contributed by atoms with E-state index in [4.69, 9.17) is 13.9 Å². The van der Waals surface area contributed by atoms with E-state index in [-0.39, 0.29) is 12.5 Å². The van der Waals surface area contributed by atoms with Gasteiger partial charge in [-0.1, -0.05) is 23.8 Å². The second-order valence-corrected chi connectivity index (χ2v) is 5.59. The lowest BCUT2D eigenvalue weighted by molar-refractivity contribution is 0.0941. The van der Waals surface area contributed by atoms with Gasteiger partial charge in [-0.15, -0.1) is 10.2 Å². The fourth-order valence-electron chi connectivity index (χ4n) is 2.54. The van der Waals surface area contributed by atoms with Crippen molar-refractivity contribution in [2.45, 2.75) is 13.5 Å². The van der Waals surface area contributed by atoms with E-state index in [2.05, 4.69) is 15.5 Å². The molecule has 1 N–H and O–H groups in total. The number of benzene rings is 2. The largest absolute Gasteiger partial charge is 0.496 e. The molecule has 7 heteroatoms. The first-order chi connectivity index (χ1) is 12.6. The van der Waals surface area contributed by atoms with Crippen molar-refractivity contribution >= 4 is 5.91 Å². The number of nitrogens with one attached hydrogen (secondary N) is 1. The van der Waals surface area contributed by atoms with Crippen molar-refractivity contribution in [1.82, 2.24) is 15.5 Å². The molecule has 0 saturated carbocycles. The Hall–Kier alpha value is -3.35. The molecule has 0 aliphatic rings. The molecule has 3 aromatic rings. The highest BCUT2D eigenvalue weighted by Gasteiger charge is 2.19. The van der Waals surface area contributed by atoms with Crippen LogP contribution in [0.25, 0.3) is 11.5 Å². The highest BCUT2D eigenvalue weighted by molar-refractivity contribution is 5.99. The summed E-state index contributed by atoms with van der Waals surface area (Å²) in [6, 6.07) is 12.9. The second-order valence-electron chi connectivity index (χ2n) is 5.59. The minimum atomic E-state index is -0.352. The number of ether oxygens (including phenoxy) is 2. The molecule has 1 aromatic heterocycles. The van der Waals surface area contributed by atoms with Crippen molar-refractivity contribution in [2.75, 3.05) is 14.2 Å². The first-order valence-electron chi connectivity index (χ1n) is 8.01. The van der Waals surface area contributed by atoms with Gasteiger partial charge in [0.1, 0.15) is 17.1 Å². The minimum absolute atomic E-state index is 0.0961. The molecule has 7 nitrogen and oxygen atoms in total. The summed E-state index contributed by atoms with van der Waals surface area (Å²) in [5, 5.41) is 10.8. The SMILES string of the molecule is COc1cccc(OC)c1C(=O)NCc1nnc(-c2cccc(C)c2)o1. The highest BCUT2D eigenvalue weighted by Crippen LogP contribution is 2.28. The monoisotopic (exact) mass is 353 g/mol. The molecule has 1 heterocycles. The number of aryl methyl sites for hydroxylation is 1. The van der Waals surface area contributed by atoms with Gasteiger partial charge in [0, 0.05) is 5.56 Å². The zero-order valence-corrected chi connectivity index (χ0v) is 14.8. The van der Waals surface area contributed by atoms with Gasteiger partial charge in [0.2, 0.25) is 11.8 Å². The average molecular weight is 353 g/mol. The molecular weight excluding hydrogens is 334 g/mol. The van der Waals surface area contributed by atoms with Crippen LogP contribution in [0.15, 0.2) is 46.9 Å². The molecule has 1 amide bonds. The molecule has 2 aromatic carbocycles. The Kier molecular flexibility index (Phi) is 5.17. The van der Waals surface area contributed by atoms with E-state index in [1.807, 2.05) is 31.2 Å². The molecule has 0 aliphatic heterocycles. The van der Waals surface area contributed by atoms with Crippen molar-refractivity contribution in [3.63, 3.8) is 0 Å². The lowest BCUT2D eigenvalue weighted by Crippen LogP contribution is -2.24. The van der Waals surface area contributed by atoms with Gasteiger partial charge in [0.15, 0.2) is 0 Å². The van der Waals surface area contributed by atoms with Crippen LogP contribution in [-0.2, 0) is 6.54 Å². The number of hydrogen-bond donors (Lipinski definition) is 1. The lowest BCUT2D eigenvalue weighted by atomic mass is 10.1. The van der Waals surface area contributed by atoms with Crippen LogP contribution in [0, 0.1) is 6.92 Å². The van der Waals surface area contributed by atoms with Gasteiger partial charge in [-0.05, 0) is 31.2 Å². The Morgan fingerprint density at radius 1 is 1.08 bits per heavy atom. The van der Waals surface area contributed by atoms with Crippen LogP contribution in [0.5, 0.6) is 11.5 Å². The Morgan fingerprint density at radius 2 is 1.77 bits per heavy atom. The molecule has 0 atom stereocenters. The molecule has 0 spiro atoms. The molecule has 26 heavy (non-hydrogen) atoms. The fourth-order valence-corrected chi connectivity index (χ4v) is 2.54. The third-order valence-electron chi connectivity index (χ3n) is 3.79. The molecule has 0 saturated heterocycles. The van der Waals surface area contributed by atoms with Crippen LogP contribution < -0.4 is 14.8 Å². The predicted molar refractivity (Wildman–Crippen MR) is 95.2 cm³/mol. The normalized spacial score (nSPS) is 10.4. The summed E-state index contributed by atoms with van der Waals surface area (Å²) in [5.41, 5.74) is 2.25. The zero-order valence-electron chi connectivity index (χ0n) is 14.8. The quantitative estimate of drug-likeness (QED) is 0.733. The first kappa shape index (κ1) is 17.5. The van der Waals surface area contributed by atoms with Gasteiger partial charge in [-0.2, -0.15) is 0 Å². The van der Waals surface area contributed by atoms with Crippen molar-refractivity contribution < 1.29 is 18.7 Å². The maximum Gasteiger partial charge on any atom is 0.259 e. The number of rotatable bonds is 6. The first-order valence-corrected chi connectivity index (χ1v) is 8.01. The van der Waals surface area contributed by atoms with Crippen molar-refractivity contribution in [3.05, 3.63) is 59.5 Å². The summed E-state index contributed by atoms with van der Waals surface area (Å²) in [6.45, 7) is 2.08. The van der Waals surface area contributed by atoms with Crippen LogP contribution >= 0.6 is 0 Å². The van der Waals surface area contributed by atoms with Crippen molar-refractivity contribution in [1.29, 1.82) is 0 Å². The van der Waals surface area contributed by atoms with Crippen molar-refractivity contribution in [2.24, 2.45) is 0 Å². The molecule has 0 fully saturated rings. The third-order valence-corrected chi connectivity index (χ3v) is 3.79. The minimum Gasteiger partial charge on any atom is -0.496 e. The molecule has 134 valence electrons. The molecule has 0 radical (unpaired) electrons. The maximum absolute atomic E-state index is 12.5. The number of carbonyl (C=O) groups is 1. The van der Waals surface area contributed by atoms with E-state index >= 15 is 0 Å². The number of amides is 1. The van der Waals surface area contributed by atoms with Crippen LogP contribution in [0.3, 0.4) is 0 Å². The fraction of sp³-hybridized carbons (Fsp3) is 0.211. The summed E-state index contributed by atoms with van der Waals surface area (Å²) < 4.78 is 16.1. The van der Waals surface area contributed by atoms with Crippen molar-refractivity contribution in [3.8, 4) is 23.0 Å². The number of carbonyl (C=O) groups excluding carboxylic acids is 1. The smallest absolute Gasteiger partial charge is 0.259 e. The number of aromatic nitrogens is 2. The number of hydrogen-bond acceptors (Lipinski definition) is 6. The standard InChI is InChI=1S/C19H19N3O4/c1-12-6-4-7-13(10-12)19-22-21-16(26-19)11-20-18(23)17-14(24-2)8-5-9-15(17)25-3/h4-10H,11H2,1-3H3,(H,20,23). The summed E-state index contributed by atoms with van der Waals surface area (Å²) in [7, 11) is 3.00. The van der Waals surface area contributed by atoms with Gasteiger partial charge in [0.25, 0.3) is 5.91 Å². The molecule has 3 rings (SSSR count). The van der Waals surface area contributed by atoms with Crippen LogP contribution in [-0.4, -0.2) is 30.3 Å². The van der Waals surface area contributed by atoms with Gasteiger partial charge in [0.05, 0.1) is 20.8 Å². The van der Waals surface area contributed by atoms with Gasteiger partial charge in [-0.25, -0.2) is 0 Å². The summed E-state index contributed by atoms with van der Waals surface area (Å²) in [4.78, 5) is 12.5. The Balaban J connectivity index is 1.73. The van der Waals surface area contributed by atoms with Crippen LogP contribution in [0.4, 0.5) is 0 Å². The van der Waals surface area contributed by atoms with Gasteiger partial charge >= 0.3 is 0 Å². The van der Waals surface area contributed by atoms with Gasteiger partial charge in [-0.3, -0.25) is 4.79 Å². The zero-order chi connectivity index (χ0) is 18.5. The summed E-state index contributed by atoms with van der Waals surface area (Å²) >= 11 is 0. The number of methoxy groups -OCH3 is 2. The Morgan fingerprint density at radius 3 is 2.42 bits per heavy atom. The molecule has 0 bridgehead atoms. The second kappa shape index (κ2) is 7.69. The van der Waals surface area contributed by atoms with Crippen LogP contribution in [0.1, 0.15) is 21.8 Å².